The number of rotatable bonds is 7. The van der Waals surface area contributed by atoms with Gasteiger partial charge in [0.1, 0.15) is 11.2 Å². The van der Waals surface area contributed by atoms with E-state index in [0.29, 0.717) is 0 Å². The van der Waals surface area contributed by atoms with Crippen molar-refractivity contribution >= 4 is 39.0 Å². The lowest BCUT2D eigenvalue weighted by molar-refractivity contribution is 0.660. The highest BCUT2D eigenvalue weighted by atomic mass is 16.3. The minimum absolute atomic E-state index is 0.143. The smallest absolute Gasteiger partial charge is 0.143 e. The minimum Gasteiger partial charge on any atom is -0.455 e. The normalized spacial score (nSPS) is 12.7. The second-order valence-corrected chi connectivity index (χ2v) is 16.0. The maximum absolute atomic E-state index is 6.48. The Balaban J connectivity index is 1.10. The first-order valence-electron chi connectivity index (χ1n) is 20.4. The Morgan fingerprint density at radius 2 is 0.881 bits per heavy atom. The third-order valence-electron chi connectivity index (χ3n) is 12.3. The van der Waals surface area contributed by atoms with Crippen LogP contribution in [-0.4, -0.2) is 0 Å². The molecule has 280 valence electrons. The van der Waals surface area contributed by atoms with Gasteiger partial charge in [0.25, 0.3) is 0 Å². The molecule has 0 saturated carbocycles. The summed E-state index contributed by atoms with van der Waals surface area (Å²) >= 11 is 0. The molecule has 1 heterocycles. The van der Waals surface area contributed by atoms with Crippen molar-refractivity contribution in [2.45, 2.75) is 19.3 Å². The largest absolute Gasteiger partial charge is 0.455 e. The third-order valence-corrected chi connectivity index (χ3v) is 12.3. The standard InChI is InChI=1S/C57H41NO/c1-57(2)52-28-13-10-23-47(52)48-36-35-41(37-53(48)57)58(40-33-31-39(32-34-40)43-26-16-27-51-50-25-12-15-30-55(50)59-56(43)51)54-29-14-11-24-49(54)46-22-9-8-21-45(46)44-20-7-6-19-42(44)38-17-4-3-5-18-38/h3-37H,1-2H3. The van der Waals surface area contributed by atoms with E-state index in [1.165, 1.54) is 50.1 Å². The quantitative estimate of drug-likeness (QED) is 0.161. The lowest BCUT2D eigenvalue weighted by Gasteiger charge is -2.30. The number of hydrogen-bond acceptors (Lipinski definition) is 2. The van der Waals surface area contributed by atoms with Gasteiger partial charge >= 0.3 is 0 Å². The monoisotopic (exact) mass is 755 g/mol. The van der Waals surface area contributed by atoms with Gasteiger partial charge in [0.05, 0.1) is 5.69 Å². The van der Waals surface area contributed by atoms with E-state index in [-0.39, 0.29) is 5.41 Å². The molecule has 10 aromatic rings. The van der Waals surface area contributed by atoms with Gasteiger partial charge < -0.3 is 9.32 Å². The molecular weight excluding hydrogens is 715 g/mol. The van der Waals surface area contributed by atoms with Crippen LogP contribution in [0.25, 0.3) is 77.6 Å². The molecule has 0 radical (unpaired) electrons. The summed E-state index contributed by atoms with van der Waals surface area (Å²) in [7, 11) is 0. The Morgan fingerprint density at radius 3 is 1.66 bits per heavy atom. The van der Waals surface area contributed by atoms with Crippen LogP contribution in [0.3, 0.4) is 0 Å². The second kappa shape index (κ2) is 13.9. The van der Waals surface area contributed by atoms with Crippen molar-refractivity contribution in [3.05, 3.63) is 223 Å². The van der Waals surface area contributed by atoms with Crippen LogP contribution in [0, 0.1) is 0 Å². The molecule has 0 saturated heterocycles. The van der Waals surface area contributed by atoms with Crippen LogP contribution < -0.4 is 4.90 Å². The van der Waals surface area contributed by atoms with Gasteiger partial charge in [-0.1, -0.05) is 190 Å². The molecule has 0 unspecified atom stereocenters. The van der Waals surface area contributed by atoms with E-state index in [9.17, 15) is 0 Å². The van der Waals surface area contributed by atoms with Crippen molar-refractivity contribution in [2.24, 2.45) is 0 Å². The van der Waals surface area contributed by atoms with Crippen molar-refractivity contribution in [2.75, 3.05) is 4.90 Å². The van der Waals surface area contributed by atoms with Crippen molar-refractivity contribution in [3.63, 3.8) is 0 Å². The number of fused-ring (bicyclic) bond motifs is 6. The fourth-order valence-corrected chi connectivity index (χ4v) is 9.46. The first-order valence-corrected chi connectivity index (χ1v) is 20.4. The number of para-hydroxylation sites is 3. The number of hydrogen-bond donors (Lipinski definition) is 0. The molecule has 0 bridgehead atoms. The van der Waals surface area contributed by atoms with E-state index >= 15 is 0 Å². The molecule has 0 fully saturated rings. The Morgan fingerprint density at radius 1 is 0.356 bits per heavy atom. The summed E-state index contributed by atoms with van der Waals surface area (Å²) in [6.45, 7) is 4.71. The van der Waals surface area contributed by atoms with Gasteiger partial charge in [-0.25, -0.2) is 0 Å². The number of nitrogens with zero attached hydrogens (tertiary/aromatic N) is 1. The molecule has 11 rings (SSSR count). The summed E-state index contributed by atoms with van der Waals surface area (Å²) in [5, 5.41) is 2.27. The van der Waals surface area contributed by atoms with Gasteiger partial charge in [0, 0.05) is 38.7 Å². The summed E-state index contributed by atoms with van der Waals surface area (Å²) in [5.41, 5.74) is 19.7. The van der Waals surface area contributed by atoms with E-state index in [1.807, 2.05) is 12.1 Å². The average Bonchev–Trinajstić information content (AvgIpc) is 3.79. The molecule has 2 nitrogen and oxygen atoms in total. The number of anilines is 3. The van der Waals surface area contributed by atoms with Gasteiger partial charge in [-0.05, 0) is 92.0 Å². The fourth-order valence-electron chi connectivity index (χ4n) is 9.46. The van der Waals surface area contributed by atoms with Gasteiger partial charge in [-0.3, -0.25) is 0 Å². The van der Waals surface area contributed by atoms with E-state index < -0.39 is 0 Å². The van der Waals surface area contributed by atoms with Crippen LogP contribution in [0.2, 0.25) is 0 Å². The summed E-state index contributed by atoms with van der Waals surface area (Å²) in [6, 6.07) is 76.9. The van der Waals surface area contributed by atoms with E-state index in [4.69, 9.17) is 4.42 Å². The van der Waals surface area contributed by atoms with Gasteiger partial charge in [0.2, 0.25) is 0 Å². The fraction of sp³-hybridized carbons (Fsp3) is 0.0526. The molecule has 9 aromatic carbocycles. The van der Waals surface area contributed by atoms with Crippen LogP contribution in [0.4, 0.5) is 17.1 Å². The molecule has 0 atom stereocenters. The van der Waals surface area contributed by atoms with E-state index in [0.717, 1.165) is 55.7 Å². The van der Waals surface area contributed by atoms with Crippen LogP contribution >= 0.6 is 0 Å². The van der Waals surface area contributed by atoms with Crippen LogP contribution in [0.1, 0.15) is 25.0 Å². The predicted octanol–water partition coefficient (Wildman–Crippen LogP) is 16.0. The Hall–Kier alpha value is -7.42. The van der Waals surface area contributed by atoms with Crippen molar-refractivity contribution < 1.29 is 4.42 Å². The van der Waals surface area contributed by atoms with E-state index in [1.54, 1.807) is 0 Å². The van der Waals surface area contributed by atoms with Crippen molar-refractivity contribution in [1.82, 2.24) is 0 Å². The second-order valence-electron chi connectivity index (χ2n) is 16.0. The zero-order valence-electron chi connectivity index (χ0n) is 33.1. The predicted molar refractivity (Wildman–Crippen MR) is 248 cm³/mol. The SMILES string of the molecule is CC1(C)c2ccccc2-c2ccc(N(c3ccc(-c4cccc5c4oc4ccccc45)cc3)c3ccccc3-c3ccccc3-c3ccccc3-c3ccccc3)cc21. The number of furan rings is 1. The summed E-state index contributed by atoms with van der Waals surface area (Å²) in [4.78, 5) is 2.44. The summed E-state index contributed by atoms with van der Waals surface area (Å²) < 4.78 is 6.48. The summed E-state index contributed by atoms with van der Waals surface area (Å²) in [6.07, 6.45) is 0. The average molecular weight is 756 g/mol. The lowest BCUT2D eigenvalue weighted by atomic mass is 9.82. The molecule has 1 aromatic heterocycles. The lowest BCUT2D eigenvalue weighted by Crippen LogP contribution is -2.17. The molecule has 59 heavy (non-hydrogen) atoms. The van der Waals surface area contributed by atoms with Gasteiger partial charge in [0.15, 0.2) is 0 Å². The Bertz CT molecular complexity index is 3190. The molecular formula is C57H41NO. The first kappa shape index (κ1) is 34.8. The highest BCUT2D eigenvalue weighted by molar-refractivity contribution is 6.09. The Labute approximate surface area is 345 Å². The molecule has 1 aliphatic carbocycles. The zero-order chi connectivity index (χ0) is 39.5. The molecule has 0 amide bonds. The number of benzene rings is 9. The third kappa shape index (κ3) is 5.71. The summed E-state index contributed by atoms with van der Waals surface area (Å²) in [5.74, 6) is 0. The van der Waals surface area contributed by atoms with Gasteiger partial charge in [-0.2, -0.15) is 0 Å². The topological polar surface area (TPSA) is 16.4 Å². The van der Waals surface area contributed by atoms with Crippen molar-refractivity contribution in [3.8, 4) is 55.6 Å². The highest BCUT2D eigenvalue weighted by Gasteiger charge is 2.36. The molecule has 0 spiro atoms. The first-order chi connectivity index (χ1) is 29.0. The molecule has 2 heteroatoms. The zero-order valence-corrected chi connectivity index (χ0v) is 33.1. The van der Waals surface area contributed by atoms with Crippen molar-refractivity contribution in [1.29, 1.82) is 0 Å². The minimum atomic E-state index is -0.143. The molecule has 1 aliphatic rings. The van der Waals surface area contributed by atoms with Crippen LogP contribution in [-0.2, 0) is 5.41 Å². The molecule has 0 aliphatic heterocycles. The highest BCUT2D eigenvalue weighted by Crippen LogP contribution is 2.52. The van der Waals surface area contributed by atoms with Crippen LogP contribution in [0.5, 0.6) is 0 Å². The Kier molecular flexibility index (Phi) is 8.20. The van der Waals surface area contributed by atoms with Gasteiger partial charge in [-0.15, -0.1) is 0 Å². The van der Waals surface area contributed by atoms with Crippen LogP contribution in [0.15, 0.2) is 217 Å². The molecule has 0 N–H and O–H groups in total. The maximum atomic E-state index is 6.48. The van der Waals surface area contributed by atoms with E-state index in [2.05, 4.69) is 219 Å². The maximum Gasteiger partial charge on any atom is 0.143 e.